The summed E-state index contributed by atoms with van der Waals surface area (Å²) in [6.45, 7) is 6.57. The van der Waals surface area contributed by atoms with E-state index in [1.54, 1.807) is 0 Å². The number of benzene rings is 1. The van der Waals surface area contributed by atoms with Crippen LogP contribution in [0, 0.1) is 0 Å². The third-order valence-corrected chi connectivity index (χ3v) is 3.25. The lowest BCUT2D eigenvalue weighted by Gasteiger charge is -2.05. The molecule has 22 heavy (non-hydrogen) atoms. The second kappa shape index (κ2) is 9.55. The summed E-state index contributed by atoms with van der Waals surface area (Å²) in [5, 5.41) is 2.93. The van der Waals surface area contributed by atoms with E-state index in [1.165, 1.54) is 6.08 Å². The Bertz CT molecular complexity index is 571. The van der Waals surface area contributed by atoms with Gasteiger partial charge in [-0.25, -0.2) is 0 Å². The number of aliphatic imine (C=N–C) groups is 1. The lowest BCUT2D eigenvalue weighted by Crippen LogP contribution is -2.31. The Balaban J connectivity index is 2.58. The van der Waals surface area contributed by atoms with Crippen LogP contribution < -0.4 is 11.1 Å². The topological polar surface area (TPSA) is 67.5 Å². The van der Waals surface area contributed by atoms with Crippen molar-refractivity contribution in [2.24, 2.45) is 10.7 Å². The molecule has 0 heterocycles. The van der Waals surface area contributed by atoms with Gasteiger partial charge in [0.25, 0.3) is 5.91 Å². The van der Waals surface area contributed by atoms with Crippen LogP contribution in [-0.4, -0.2) is 11.9 Å². The molecular formula is C18H25N3O. The molecule has 0 saturated heterocycles. The largest absolute Gasteiger partial charge is 0.370 e. The van der Waals surface area contributed by atoms with Crippen molar-refractivity contribution >= 4 is 11.9 Å². The monoisotopic (exact) mass is 299 g/mol. The first-order chi connectivity index (χ1) is 10.5. The first-order valence-corrected chi connectivity index (χ1v) is 7.54. The average Bonchev–Trinajstić information content (AvgIpc) is 2.51. The van der Waals surface area contributed by atoms with Crippen LogP contribution >= 0.6 is 0 Å². The highest BCUT2D eigenvalue weighted by Gasteiger charge is 2.00. The first kappa shape index (κ1) is 17.7. The number of nitrogens with one attached hydrogen (secondary N) is 1. The zero-order valence-electron chi connectivity index (χ0n) is 13.6. The number of amides is 1. The molecule has 0 aliphatic carbocycles. The smallest absolute Gasteiger partial charge is 0.273 e. The van der Waals surface area contributed by atoms with Gasteiger partial charge in [-0.3, -0.25) is 4.79 Å². The minimum absolute atomic E-state index is 0.132. The van der Waals surface area contributed by atoms with Crippen molar-refractivity contribution < 1.29 is 4.79 Å². The van der Waals surface area contributed by atoms with Gasteiger partial charge in [-0.05, 0) is 31.4 Å². The van der Waals surface area contributed by atoms with E-state index >= 15 is 0 Å². The van der Waals surface area contributed by atoms with Gasteiger partial charge in [0.15, 0.2) is 5.96 Å². The van der Waals surface area contributed by atoms with Crippen LogP contribution in [-0.2, 0) is 11.3 Å². The minimum Gasteiger partial charge on any atom is -0.370 e. The molecule has 0 fully saturated rings. The maximum Gasteiger partial charge on any atom is 0.273 e. The number of carbonyl (C=O) groups is 1. The van der Waals surface area contributed by atoms with E-state index in [2.05, 4.69) is 23.3 Å². The molecule has 118 valence electrons. The number of unbranched alkanes of at least 4 members (excludes halogenated alkanes) is 1. The molecule has 4 nitrogen and oxygen atoms in total. The van der Waals surface area contributed by atoms with Crippen LogP contribution in [0.15, 0.2) is 58.6 Å². The highest BCUT2D eigenvalue weighted by atomic mass is 16.1. The Morgan fingerprint density at radius 1 is 1.23 bits per heavy atom. The Morgan fingerprint density at radius 2 is 1.91 bits per heavy atom. The molecule has 0 aliphatic heterocycles. The molecule has 0 aliphatic rings. The SMILES string of the molecule is CCC/C=C(C)/C(C)=C/C(=O)/N=C(\N)NCc1ccccc1. The van der Waals surface area contributed by atoms with E-state index in [4.69, 9.17) is 5.73 Å². The number of carbonyl (C=O) groups excluding carboxylic acids is 1. The molecule has 4 heteroatoms. The van der Waals surface area contributed by atoms with Gasteiger partial charge in [0.1, 0.15) is 0 Å². The summed E-state index contributed by atoms with van der Waals surface area (Å²) < 4.78 is 0. The van der Waals surface area contributed by atoms with E-state index in [0.717, 1.165) is 29.6 Å². The molecule has 1 rings (SSSR count). The number of rotatable bonds is 6. The van der Waals surface area contributed by atoms with Crippen LogP contribution in [0.4, 0.5) is 0 Å². The lowest BCUT2D eigenvalue weighted by molar-refractivity contribution is -0.113. The minimum atomic E-state index is -0.347. The molecule has 0 unspecified atom stereocenters. The van der Waals surface area contributed by atoms with Crippen molar-refractivity contribution in [1.29, 1.82) is 0 Å². The molecule has 0 aromatic heterocycles. The summed E-state index contributed by atoms with van der Waals surface area (Å²) in [7, 11) is 0. The number of guanidine groups is 1. The summed E-state index contributed by atoms with van der Waals surface area (Å²) in [5.74, 6) is -0.215. The molecule has 0 bridgehead atoms. The fourth-order valence-electron chi connectivity index (χ4n) is 1.80. The second-order valence-corrected chi connectivity index (χ2v) is 5.18. The summed E-state index contributed by atoms with van der Waals surface area (Å²) in [5.41, 5.74) is 8.82. The van der Waals surface area contributed by atoms with Gasteiger partial charge < -0.3 is 11.1 Å². The standard InChI is InChI=1S/C18H25N3O/c1-4-5-9-14(2)15(3)12-17(22)21-18(19)20-13-16-10-7-6-8-11-16/h6-12H,4-5,13H2,1-3H3,(H3,19,20,21,22)/b14-9+,15-12+. The van der Waals surface area contributed by atoms with Gasteiger partial charge >= 0.3 is 0 Å². The van der Waals surface area contributed by atoms with E-state index in [9.17, 15) is 4.79 Å². The van der Waals surface area contributed by atoms with Gasteiger partial charge in [0.05, 0.1) is 0 Å². The molecule has 0 saturated carbocycles. The molecule has 3 N–H and O–H groups in total. The number of allylic oxidation sites excluding steroid dienone is 3. The maximum absolute atomic E-state index is 11.8. The molecule has 1 aromatic rings. The summed E-state index contributed by atoms with van der Waals surface area (Å²) in [6, 6.07) is 9.81. The predicted octanol–water partition coefficient (Wildman–Crippen LogP) is 3.31. The van der Waals surface area contributed by atoms with E-state index in [-0.39, 0.29) is 11.9 Å². The van der Waals surface area contributed by atoms with E-state index in [0.29, 0.717) is 6.54 Å². The molecule has 0 atom stereocenters. The summed E-state index contributed by atoms with van der Waals surface area (Å²) in [4.78, 5) is 15.7. The average molecular weight is 299 g/mol. The van der Waals surface area contributed by atoms with Gasteiger partial charge in [0.2, 0.25) is 0 Å². The van der Waals surface area contributed by atoms with Crippen molar-refractivity contribution in [3.63, 3.8) is 0 Å². The van der Waals surface area contributed by atoms with Crippen molar-refractivity contribution in [1.82, 2.24) is 5.32 Å². The highest BCUT2D eigenvalue weighted by Crippen LogP contribution is 2.10. The zero-order chi connectivity index (χ0) is 16.4. The number of hydrogen-bond acceptors (Lipinski definition) is 1. The Labute approximate surface area is 132 Å². The predicted molar refractivity (Wildman–Crippen MR) is 92.3 cm³/mol. The van der Waals surface area contributed by atoms with Crippen molar-refractivity contribution in [2.45, 2.75) is 40.2 Å². The fraction of sp³-hybridized carbons (Fsp3) is 0.333. The van der Waals surface area contributed by atoms with E-state index < -0.39 is 0 Å². The van der Waals surface area contributed by atoms with Crippen LogP contribution in [0.25, 0.3) is 0 Å². The van der Waals surface area contributed by atoms with Crippen LogP contribution in [0.3, 0.4) is 0 Å². The van der Waals surface area contributed by atoms with Crippen molar-refractivity contribution in [3.05, 3.63) is 59.2 Å². The highest BCUT2D eigenvalue weighted by molar-refractivity contribution is 5.98. The van der Waals surface area contributed by atoms with Gasteiger partial charge in [-0.15, -0.1) is 0 Å². The Hall–Kier alpha value is -2.36. The zero-order valence-corrected chi connectivity index (χ0v) is 13.6. The number of nitrogens with two attached hydrogens (primary N) is 1. The van der Waals surface area contributed by atoms with Gasteiger partial charge in [0, 0.05) is 12.6 Å². The summed E-state index contributed by atoms with van der Waals surface area (Å²) in [6.07, 6.45) is 5.74. The number of nitrogens with zero attached hydrogens (tertiary/aromatic N) is 1. The van der Waals surface area contributed by atoms with Crippen molar-refractivity contribution in [2.75, 3.05) is 0 Å². The molecule has 0 spiro atoms. The van der Waals surface area contributed by atoms with E-state index in [1.807, 2.05) is 44.2 Å². The van der Waals surface area contributed by atoms with Crippen LogP contribution in [0.2, 0.25) is 0 Å². The van der Waals surface area contributed by atoms with Crippen LogP contribution in [0.5, 0.6) is 0 Å². The summed E-state index contributed by atoms with van der Waals surface area (Å²) >= 11 is 0. The normalized spacial score (nSPS) is 13.1. The Morgan fingerprint density at radius 3 is 2.55 bits per heavy atom. The lowest BCUT2D eigenvalue weighted by atomic mass is 10.1. The van der Waals surface area contributed by atoms with Gasteiger partial charge in [-0.1, -0.05) is 55.3 Å². The maximum atomic E-state index is 11.8. The molecular weight excluding hydrogens is 274 g/mol. The third kappa shape index (κ3) is 6.88. The van der Waals surface area contributed by atoms with Crippen LogP contribution in [0.1, 0.15) is 39.2 Å². The Kier molecular flexibility index (Phi) is 7.68. The van der Waals surface area contributed by atoms with Crippen molar-refractivity contribution in [3.8, 4) is 0 Å². The second-order valence-electron chi connectivity index (χ2n) is 5.18. The third-order valence-electron chi connectivity index (χ3n) is 3.25. The molecule has 1 amide bonds. The quantitative estimate of drug-likeness (QED) is 0.366. The first-order valence-electron chi connectivity index (χ1n) is 7.54. The molecule has 0 radical (unpaired) electrons. The van der Waals surface area contributed by atoms with Gasteiger partial charge in [-0.2, -0.15) is 4.99 Å². The molecule has 1 aromatic carbocycles. The number of hydrogen-bond donors (Lipinski definition) is 2. The fourth-order valence-corrected chi connectivity index (χ4v) is 1.80.